The van der Waals surface area contributed by atoms with Gasteiger partial charge in [0.1, 0.15) is 6.33 Å². The number of nitrogens with zero attached hydrogens (tertiary/aromatic N) is 2. The van der Waals surface area contributed by atoms with Crippen LogP contribution in [0, 0.1) is 11.2 Å². The molecule has 0 fully saturated rings. The van der Waals surface area contributed by atoms with Gasteiger partial charge in [-0.25, -0.2) is 14.4 Å². The maximum atomic E-state index is 14.1. The molecule has 1 aromatic rings. The van der Waals surface area contributed by atoms with Crippen LogP contribution in [-0.4, -0.2) is 27.1 Å². The third-order valence-corrected chi connectivity index (χ3v) is 2.82. The molecule has 0 bridgehead atoms. The van der Waals surface area contributed by atoms with Crippen molar-refractivity contribution in [3.05, 3.63) is 17.8 Å². The summed E-state index contributed by atoms with van der Waals surface area (Å²) in [6.45, 7) is 7.84. The normalized spacial score (nSPS) is 13.1. The Morgan fingerprint density at radius 2 is 2.10 bits per heavy atom. The first-order chi connectivity index (χ1) is 9.23. The molecule has 1 aromatic heterocycles. The summed E-state index contributed by atoms with van der Waals surface area (Å²) in [5, 5.41) is 11.9. The molecule has 2 N–H and O–H groups in total. The third kappa shape index (κ3) is 5.11. The quantitative estimate of drug-likeness (QED) is 0.839. The van der Waals surface area contributed by atoms with E-state index >= 15 is 0 Å². The minimum atomic E-state index is -0.920. The van der Waals surface area contributed by atoms with Gasteiger partial charge in [0.25, 0.3) is 0 Å². The van der Waals surface area contributed by atoms with Crippen molar-refractivity contribution >= 4 is 11.8 Å². The van der Waals surface area contributed by atoms with Gasteiger partial charge >= 0.3 is 5.97 Å². The van der Waals surface area contributed by atoms with Gasteiger partial charge in [0.05, 0.1) is 12.1 Å². The lowest BCUT2D eigenvalue weighted by Gasteiger charge is -2.26. The summed E-state index contributed by atoms with van der Waals surface area (Å²) < 4.78 is 14.1. The predicted octanol–water partition coefficient (Wildman–Crippen LogP) is 2.87. The lowest BCUT2D eigenvalue weighted by Crippen LogP contribution is -2.29. The molecule has 0 aliphatic carbocycles. The minimum Gasteiger partial charge on any atom is -0.481 e. The van der Waals surface area contributed by atoms with Gasteiger partial charge in [-0.3, -0.25) is 4.79 Å². The zero-order chi connectivity index (χ0) is 15.3. The Labute approximate surface area is 118 Å². The number of aromatic nitrogens is 2. The number of carbonyl (C=O) groups is 1. The van der Waals surface area contributed by atoms with E-state index in [2.05, 4.69) is 15.3 Å². The Morgan fingerprint density at radius 3 is 2.60 bits per heavy atom. The number of hydrogen-bond acceptors (Lipinski definition) is 4. The zero-order valence-corrected chi connectivity index (χ0v) is 12.4. The van der Waals surface area contributed by atoms with E-state index in [4.69, 9.17) is 5.11 Å². The van der Waals surface area contributed by atoms with Crippen molar-refractivity contribution in [3.63, 3.8) is 0 Å². The molecule has 112 valence electrons. The van der Waals surface area contributed by atoms with Gasteiger partial charge in [-0.2, -0.15) is 0 Å². The number of hydrogen-bond donors (Lipinski definition) is 2. The van der Waals surface area contributed by atoms with Crippen molar-refractivity contribution in [1.29, 1.82) is 0 Å². The summed E-state index contributed by atoms with van der Waals surface area (Å²) in [6.07, 6.45) is 2.28. The van der Waals surface area contributed by atoms with E-state index in [9.17, 15) is 9.18 Å². The van der Waals surface area contributed by atoms with Crippen LogP contribution in [0.15, 0.2) is 6.33 Å². The number of carboxylic acids is 1. The second kappa shape index (κ2) is 6.63. The average Bonchev–Trinajstić information content (AvgIpc) is 2.28. The van der Waals surface area contributed by atoms with E-state index in [0.29, 0.717) is 18.5 Å². The molecule has 0 saturated heterocycles. The molecule has 0 spiro atoms. The Hall–Kier alpha value is -1.72. The summed E-state index contributed by atoms with van der Waals surface area (Å²) in [5.74, 6) is -1.34. The third-order valence-electron chi connectivity index (χ3n) is 2.82. The van der Waals surface area contributed by atoms with Crippen molar-refractivity contribution in [2.24, 2.45) is 5.41 Å². The SMILES string of the molecule is CCc1ncnc(NC(CC(=O)O)CC(C)(C)C)c1F. The average molecular weight is 283 g/mol. The van der Waals surface area contributed by atoms with Gasteiger partial charge in [0, 0.05) is 6.04 Å². The first-order valence-electron chi connectivity index (χ1n) is 6.70. The van der Waals surface area contributed by atoms with Crippen LogP contribution < -0.4 is 5.32 Å². The van der Waals surface area contributed by atoms with Crippen LogP contribution in [0.1, 0.15) is 46.2 Å². The number of aryl methyl sites for hydroxylation is 1. The van der Waals surface area contributed by atoms with Crippen LogP contribution in [0.4, 0.5) is 10.2 Å². The smallest absolute Gasteiger partial charge is 0.305 e. The summed E-state index contributed by atoms with van der Waals surface area (Å²) in [4.78, 5) is 18.7. The van der Waals surface area contributed by atoms with E-state index in [-0.39, 0.29) is 23.7 Å². The zero-order valence-electron chi connectivity index (χ0n) is 12.4. The number of carboxylic acid groups (broad SMARTS) is 1. The van der Waals surface area contributed by atoms with Crippen LogP contribution in [0.25, 0.3) is 0 Å². The maximum absolute atomic E-state index is 14.1. The van der Waals surface area contributed by atoms with Crippen molar-refractivity contribution in [3.8, 4) is 0 Å². The molecule has 0 aromatic carbocycles. The van der Waals surface area contributed by atoms with Crippen LogP contribution in [0.5, 0.6) is 0 Å². The van der Waals surface area contributed by atoms with E-state index in [1.165, 1.54) is 6.33 Å². The highest BCUT2D eigenvalue weighted by Crippen LogP contribution is 2.25. The Kier molecular flexibility index (Phi) is 5.42. The van der Waals surface area contributed by atoms with Gasteiger partial charge in [-0.05, 0) is 18.3 Å². The Morgan fingerprint density at radius 1 is 1.45 bits per heavy atom. The molecule has 5 nitrogen and oxygen atoms in total. The topological polar surface area (TPSA) is 75.1 Å². The lowest BCUT2D eigenvalue weighted by atomic mass is 9.87. The first kappa shape index (κ1) is 16.3. The molecule has 0 amide bonds. The lowest BCUT2D eigenvalue weighted by molar-refractivity contribution is -0.137. The second-order valence-electron chi connectivity index (χ2n) is 6.04. The van der Waals surface area contributed by atoms with Crippen LogP contribution in [0.2, 0.25) is 0 Å². The van der Waals surface area contributed by atoms with Crippen LogP contribution >= 0.6 is 0 Å². The van der Waals surface area contributed by atoms with Crippen molar-refractivity contribution in [2.45, 2.75) is 53.0 Å². The number of halogens is 1. The molecule has 1 heterocycles. The Bertz CT molecular complexity index is 472. The highest BCUT2D eigenvalue weighted by molar-refractivity contribution is 5.68. The number of aliphatic carboxylic acids is 1. The molecule has 20 heavy (non-hydrogen) atoms. The summed E-state index contributed by atoms with van der Waals surface area (Å²) in [5.41, 5.74) is 0.261. The first-order valence-corrected chi connectivity index (χ1v) is 6.70. The molecular weight excluding hydrogens is 261 g/mol. The van der Waals surface area contributed by atoms with Gasteiger partial charge in [-0.15, -0.1) is 0 Å². The fourth-order valence-electron chi connectivity index (χ4n) is 2.07. The minimum absolute atomic E-state index is 0.0653. The highest BCUT2D eigenvalue weighted by Gasteiger charge is 2.23. The van der Waals surface area contributed by atoms with E-state index in [1.54, 1.807) is 6.92 Å². The summed E-state index contributed by atoms with van der Waals surface area (Å²) in [7, 11) is 0. The van der Waals surface area contributed by atoms with Crippen molar-refractivity contribution in [1.82, 2.24) is 9.97 Å². The fourth-order valence-corrected chi connectivity index (χ4v) is 2.07. The number of nitrogens with one attached hydrogen (secondary N) is 1. The molecule has 1 unspecified atom stereocenters. The van der Waals surface area contributed by atoms with E-state index in [1.807, 2.05) is 20.8 Å². The molecule has 0 saturated carbocycles. The van der Waals surface area contributed by atoms with Gasteiger partial charge in [-0.1, -0.05) is 27.7 Å². The largest absolute Gasteiger partial charge is 0.481 e. The highest BCUT2D eigenvalue weighted by atomic mass is 19.1. The fraction of sp³-hybridized carbons (Fsp3) is 0.643. The predicted molar refractivity (Wildman–Crippen MR) is 75.1 cm³/mol. The molecule has 1 rings (SSSR count). The van der Waals surface area contributed by atoms with Crippen LogP contribution in [-0.2, 0) is 11.2 Å². The van der Waals surface area contributed by atoms with Gasteiger partial charge in [0.15, 0.2) is 11.6 Å². The van der Waals surface area contributed by atoms with Gasteiger partial charge < -0.3 is 10.4 Å². The molecule has 1 atom stereocenters. The molecular formula is C14H22FN3O2. The number of rotatable bonds is 6. The summed E-state index contributed by atoms with van der Waals surface area (Å²) >= 11 is 0. The molecule has 0 aliphatic heterocycles. The Balaban J connectivity index is 2.91. The van der Waals surface area contributed by atoms with Crippen LogP contribution in [0.3, 0.4) is 0 Å². The van der Waals surface area contributed by atoms with E-state index in [0.717, 1.165) is 0 Å². The molecule has 0 aliphatic rings. The van der Waals surface area contributed by atoms with E-state index < -0.39 is 11.8 Å². The van der Waals surface area contributed by atoms with Crippen molar-refractivity contribution < 1.29 is 14.3 Å². The molecule has 0 radical (unpaired) electrons. The van der Waals surface area contributed by atoms with Gasteiger partial charge in [0.2, 0.25) is 0 Å². The maximum Gasteiger partial charge on any atom is 0.305 e. The standard InChI is InChI=1S/C14H22FN3O2/c1-5-10-12(15)13(17-8-16-10)18-9(6-11(19)20)7-14(2,3)4/h8-9H,5-7H2,1-4H3,(H,19,20)(H,16,17,18). The number of anilines is 1. The van der Waals surface area contributed by atoms with Crippen molar-refractivity contribution in [2.75, 3.05) is 5.32 Å². The summed E-state index contributed by atoms with van der Waals surface area (Å²) in [6, 6.07) is -0.374. The second-order valence-corrected chi connectivity index (χ2v) is 6.04. The monoisotopic (exact) mass is 283 g/mol. The molecule has 6 heteroatoms.